The molecule has 2 aromatic rings. The zero-order chi connectivity index (χ0) is 13.9. The van der Waals surface area contributed by atoms with Gasteiger partial charge in [-0.25, -0.2) is 0 Å². The number of nitrogens with one attached hydrogen (secondary N) is 1. The number of piperidine rings is 1. The van der Waals surface area contributed by atoms with Gasteiger partial charge in [0.15, 0.2) is 0 Å². The number of rotatable bonds is 4. The molecular weight excluding hydrogens is 268 g/mol. The van der Waals surface area contributed by atoms with Gasteiger partial charge in [-0.3, -0.25) is 10.00 Å². The minimum atomic E-state index is 0.290. The van der Waals surface area contributed by atoms with Gasteiger partial charge in [-0.1, -0.05) is 0 Å². The van der Waals surface area contributed by atoms with Crippen molar-refractivity contribution in [1.29, 1.82) is 0 Å². The zero-order valence-electron chi connectivity index (χ0n) is 11.9. The molecule has 1 aliphatic heterocycles. The molecule has 3 N–H and O–H groups in total. The van der Waals surface area contributed by atoms with E-state index in [4.69, 9.17) is 5.73 Å². The lowest BCUT2D eigenvalue weighted by Gasteiger charge is -2.34. The van der Waals surface area contributed by atoms with E-state index in [0.717, 1.165) is 25.3 Å². The smallest absolute Gasteiger partial charge is 0.0703 e. The van der Waals surface area contributed by atoms with E-state index in [9.17, 15) is 0 Å². The van der Waals surface area contributed by atoms with Crippen LogP contribution in [0.3, 0.4) is 0 Å². The number of thiophene rings is 1. The van der Waals surface area contributed by atoms with Crippen LogP contribution in [-0.2, 0) is 6.54 Å². The first kappa shape index (κ1) is 13.8. The van der Waals surface area contributed by atoms with Gasteiger partial charge in [0.05, 0.1) is 11.9 Å². The van der Waals surface area contributed by atoms with E-state index >= 15 is 0 Å². The average molecular weight is 290 g/mol. The predicted molar refractivity (Wildman–Crippen MR) is 83.6 cm³/mol. The van der Waals surface area contributed by atoms with Gasteiger partial charge in [-0.2, -0.15) is 16.4 Å². The van der Waals surface area contributed by atoms with Crippen LogP contribution in [0, 0.1) is 5.92 Å². The second kappa shape index (κ2) is 6.08. The van der Waals surface area contributed by atoms with E-state index in [1.54, 1.807) is 11.3 Å². The Morgan fingerprint density at radius 2 is 2.50 bits per heavy atom. The molecule has 0 aliphatic carbocycles. The maximum absolute atomic E-state index is 6.07. The predicted octanol–water partition coefficient (Wildman–Crippen LogP) is 2.70. The number of nitrogens with two attached hydrogens (primary N) is 1. The van der Waals surface area contributed by atoms with Gasteiger partial charge in [0, 0.05) is 35.6 Å². The second-order valence-electron chi connectivity index (χ2n) is 5.78. The molecule has 0 spiro atoms. The maximum atomic E-state index is 6.07. The fraction of sp³-hybridized carbons (Fsp3) is 0.533. The van der Waals surface area contributed by atoms with Crippen LogP contribution in [0.5, 0.6) is 0 Å². The van der Waals surface area contributed by atoms with Gasteiger partial charge in [0.2, 0.25) is 0 Å². The molecule has 3 rings (SSSR count). The summed E-state index contributed by atoms with van der Waals surface area (Å²) in [6, 6.07) is 2.43. The third-order valence-electron chi connectivity index (χ3n) is 4.21. The van der Waals surface area contributed by atoms with Crippen molar-refractivity contribution in [1.82, 2.24) is 15.1 Å². The quantitative estimate of drug-likeness (QED) is 0.910. The molecule has 20 heavy (non-hydrogen) atoms. The summed E-state index contributed by atoms with van der Waals surface area (Å²) in [5.41, 5.74) is 9.75. The molecular formula is C15H22N4S. The fourth-order valence-corrected chi connectivity index (χ4v) is 3.64. The van der Waals surface area contributed by atoms with E-state index < -0.39 is 0 Å². The van der Waals surface area contributed by atoms with Crippen LogP contribution >= 0.6 is 11.3 Å². The number of hydrogen-bond donors (Lipinski definition) is 2. The van der Waals surface area contributed by atoms with Gasteiger partial charge in [-0.05, 0) is 43.7 Å². The number of hydrogen-bond acceptors (Lipinski definition) is 4. The molecule has 4 nitrogen and oxygen atoms in total. The first-order valence-electron chi connectivity index (χ1n) is 7.27. The third kappa shape index (κ3) is 2.95. The molecule has 3 heterocycles. The lowest BCUT2D eigenvalue weighted by Crippen LogP contribution is -2.41. The summed E-state index contributed by atoms with van der Waals surface area (Å²) < 4.78 is 0. The van der Waals surface area contributed by atoms with E-state index in [1.807, 2.05) is 6.20 Å². The molecule has 1 aliphatic rings. The van der Waals surface area contributed by atoms with Gasteiger partial charge in [-0.15, -0.1) is 0 Å². The molecule has 1 saturated heterocycles. The molecule has 108 valence electrons. The second-order valence-corrected chi connectivity index (χ2v) is 6.56. The minimum Gasteiger partial charge on any atom is -0.328 e. The standard InChI is InChI=1S/C15H22N4S/c1-11(16)12-3-2-5-19(8-12)9-14-7-17-18-15(14)13-4-6-20-10-13/h4,6-7,10-12H,2-3,5,8-9,16H2,1H3,(H,17,18). The van der Waals surface area contributed by atoms with Crippen LogP contribution in [0.4, 0.5) is 0 Å². The van der Waals surface area contributed by atoms with Crippen molar-refractivity contribution >= 4 is 11.3 Å². The van der Waals surface area contributed by atoms with Gasteiger partial charge in [0.25, 0.3) is 0 Å². The summed E-state index contributed by atoms with van der Waals surface area (Å²) in [6.07, 6.45) is 4.47. The number of H-pyrrole nitrogens is 1. The van der Waals surface area contributed by atoms with Crippen LogP contribution in [0.2, 0.25) is 0 Å². The van der Waals surface area contributed by atoms with Crippen molar-refractivity contribution in [3.8, 4) is 11.3 Å². The summed E-state index contributed by atoms with van der Waals surface area (Å²) in [5.74, 6) is 0.625. The van der Waals surface area contributed by atoms with Crippen molar-refractivity contribution in [3.63, 3.8) is 0 Å². The topological polar surface area (TPSA) is 57.9 Å². The Labute approximate surface area is 124 Å². The SMILES string of the molecule is CC(N)C1CCCN(Cc2cn[nH]c2-c2ccsc2)C1. The number of aromatic nitrogens is 2. The summed E-state index contributed by atoms with van der Waals surface area (Å²) in [6.45, 7) is 5.36. The molecule has 2 aromatic heterocycles. The molecule has 0 saturated carbocycles. The molecule has 0 amide bonds. The van der Waals surface area contributed by atoms with Gasteiger partial charge >= 0.3 is 0 Å². The lowest BCUT2D eigenvalue weighted by molar-refractivity contribution is 0.154. The molecule has 0 bridgehead atoms. The Kier molecular flexibility index (Phi) is 4.19. The molecule has 0 aromatic carbocycles. The van der Waals surface area contributed by atoms with Gasteiger partial charge < -0.3 is 5.73 Å². The average Bonchev–Trinajstić information content (AvgIpc) is 3.09. The van der Waals surface area contributed by atoms with E-state index in [2.05, 4.69) is 38.8 Å². The lowest BCUT2D eigenvalue weighted by atomic mass is 9.92. The highest BCUT2D eigenvalue weighted by Crippen LogP contribution is 2.26. The Balaban J connectivity index is 1.71. The minimum absolute atomic E-state index is 0.290. The van der Waals surface area contributed by atoms with Crippen molar-refractivity contribution in [2.45, 2.75) is 32.4 Å². The summed E-state index contributed by atoms with van der Waals surface area (Å²) >= 11 is 1.72. The molecule has 2 atom stereocenters. The monoisotopic (exact) mass is 290 g/mol. The van der Waals surface area contributed by atoms with E-state index in [0.29, 0.717) is 12.0 Å². The number of nitrogens with zero attached hydrogens (tertiary/aromatic N) is 2. The highest BCUT2D eigenvalue weighted by Gasteiger charge is 2.23. The summed E-state index contributed by atoms with van der Waals surface area (Å²) in [4.78, 5) is 2.51. The van der Waals surface area contributed by atoms with E-state index in [-0.39, 0.29) is 0 Å². The zero-order valence-corrected chi connectivity index (χ0v) is 12.7. The normalized spacial score (nSPS) is 22.0. The molecule has 5 heteroatoms. The van der Waals surface area contributed by atoms with Crippen LogP contribution in [0.15, 0.2) is 23.0 Å². The molecule has 2 unspecified atom stereocenters. The van der Waals surface area contributed by atoms with Crippen LogP contribution < -0.4 is 5.73 Å². The Morgan fingerprint density at radius 1 is 1.60 bits per heavy atom. The molecule has 0 radical (unpaired) electrons. The summed E-state index contributed by atoms with van der Waals surface area (Å²) in [7, 11) is 0. The highest BCUT2D eigenvalue weighted by molar-refractivity contribution is 7.08. The Bertz CT molecular complexity index is 532. The van der Waals surface area contributed by atoms with Gasteiger partial charge in [0.1, 0.15) is 0 Å². The third-order valence-corrected chi connectivity index (χ3v) is 4.89. The number of aromatic amines is 1. The van der Waals surface area contributed by atoms with Crippen molar-refractivity contribution < 1.29 is 0 Å². The Morgan fingerprint density at radius 3 is 3.25 bits per heavy atom. The Hall–Kier alpha value is -1.17. The number of likely N-dealkylation sites (tertiary alicyclic amines) is 1. The fourth-order valence-electron chi connectivity index (χ4n) is 2.99. The summed E-state index contributed by atoms with van der Waals surface area (Å²) in [5, 5.41) is 11.6. The van der Waals surface area contributed by atoms with Crippen molar-refractivity contribution in [2.24, 2.45) is 11.7 Å². The van der Waals surface area contributed by atoms with Crippen LogP contribution in [0.1, 0.15) is 25.3 Å². The van der Waals surface area contributed by atoms with Crippen LogP contribution in [0.25, 0.3) is 11.3 Å². The maximum Gasteiger partial charge on any atom is 0.0703 e. The molecule has 1 fully saturated rings. The van der Waals surface area contributed by atoms with Crippen LogP contribution in [-0.4, -0.2) is 34.2 Å². The first-order chi connectivity index (χ1) is 9.74. The largest absolute Gasteiger partial charge is 0.328 e. The van der Waals surface area contributed by atoms with Crippen molar-refractivity contribution in [2.75, 3.05) is 13.1 Å². The first-order valence-corrected chi connectivity index (χ1v) is 8.21. The highest BCUT2D eigenvalue weighted by atomic mass is 32.1. The van der Waals surface area contributed by atoms with E-state index in [1.165, 1.54) is 24.0 Å². The van der Waals surface area contributed by atoms with Crippen molar-refractivity contribution in [3.05, 3.63) is 28.6 Å².